The summed E-state index contributed by atoms with van der Waals surface area (Å²) < 4.78 is 16.0. The summed E-state index contributed by atoms with van der Waals surface area (Å²) in [6.07, 6.45) is 0.924. The summed E-state index contributed by atoms with van der Waals surface area (Å²) in [6, 6.07) is 5.07. The van der Waals surface area contributed by atoms with Gasteiger partial charge in [-0.1, -0.05) is 0 Å². The van der Waals surface area contributed by atoms with Gasteiger partial charge in [0.1, 0.15) is 18.0 Å². The van der Waals surface area contributed by atoms with Gasteiger partial charge in [0, 0.05) is 32.3 Å². The van der Waals surface area contributed by atoms with Crippen molar-refractivity contribution in [2.45, 2.75) is 26.4 Å². The molecule has 1 saturated heterocycles. The maximum absolute atomic E-state index is 12.7. The normalized spacial score (nSPS) is 14.0. The molecule has 3 amide bonds. The molecule has 2 rings (SSSR count). The average Bonchev–Trinajstić information content (AvgIpc) is 3.00. The molecule has 1 aliphatic rings. The fourth-order valence-corrected chi connectivity index (χ4v) is 2.81. The summed E-state index contributed by atoms with van der Waals surface area (Å²) in [4.78, 5) is 27.9. The van der Waals surface area contributed by atoms with Gasteiger partial charge in [0.25, 0.3) is 0 Å². The molecule has 0 saturated carbocycles. The molecule has 8 nitrogen and oxygen atoms in total. The molecule has 1 N–H and O–H groups in total. The highest BCUT2D eigenvalue weighted by molar-refractivity contribution is 5.97. The Bertz CT molecular complexity index is 650. The van der Waals surface area contributed by atoms with Crippen molar-refractivity contribution < 1.29 is 23.8 Å². The zero-order valence-corrected chi connectivity index (χ0v) is 16.5. The number of benzene rings is 1. The molecule has 1 aliphatic heterocycles. The third-order valence-corrected chi connectivity index (χ3v) is 4.20. The van der Waals surface area contributed by atoms with Crippen LogP contribution in [0, 0.1) is 0 Å². The minimum absolute atomic E-state index is 0.0344. The quantitative estimate of drug-likeness (QED) is 0.628. The molecule has 27 heavy (non-hydrogen) atoms. The minimum Gasteiger partial charge on any atom is -0.497 e. The summed E-state index contributed by atoms with van der Waals surface area (Å²) in [5.41, 5.74) is 0.635. The molecule has 0 aliphatic carbocycles. The van der Waals surface area contributed by atoms with Crippen LogP contribution in [0.2, 0.25) is 0 Å². The molecule has 1 aromatic carbocycles. The van der Waals surface area contributed by atoms with E-state index in [0.717, 1.165) is 6.42 Å². The van der Waals surface area contributed by atoms with Crippen LogP contribution in [0.15, 0.2) is 18.2 Å². The van der Waals surface area contributed by atoms with Gasteiger partial charge >= 0.3 is 6.03 Å². The lowest BCUT2D eigenvalue weighted by Crippen LogP contribution is -2.40. The first kappa shape index (κ1) is 20.8. The van der Waals surface area contributed by atoms with Crippen LogP contribution in [0.25, 0.3) is 0 Å². The Kier molecular flexibility index (Phi) is 7.72. The van der Waals surface area contributed by atoms with Gasteiger partial charge in [0.2, 0.25) is 5.91 Å². The standard InChI is InChI=1S/C19H29N3O5/c1-14(2)27-11-5-8-20-18(23)13-21-9-10-22(19(21)24)16-12-15(25-3)6-7-17(16)26-4/h6-7,12,14H,5,8-11,13H2,1-4H3,(H,20,23). The first-order valence-corrected chi connectivity index (χ1v) is 9.13. The first-order valence-electron chi connectivity index (χ1n) is 9.13. The van der Waals surface area contributed by atoms with Gasteiger partial charge in [-0.25, -0.2) is 4.79 Å². The van der Waals surface area contributed by atoms with E-state index in [2.05, 4.69) is 5.32 Å². The molecule has 0 unspecified atom stereocenters. The highest BCUT2D eigenvalue weighted by Crippen LogP contribution is 2.34. The summed E-state index contributed by atoms with van der Waals surface area (Å²) in [5.74, 6) is 1.05. The Morgan fingerprint density at radius 3 is 2.67 bits per heavy atom. The average molecular weight is 379 g/mol. The highest BCUT2D eigenvalue weighted by Gasteiger charge is 2.32. The molecule has 0 aromatic heterocycles. The number of nitrogens with one attached hydrogen (secondary N) is 1. The molecule has 0 bridgehead atoms. The van der Waals surface area contributed by atoms with Gasteiger partial charge in [-0.05, 0) is 32.4 Å². The Hall–Kier alpha value is -2.48. The van der Waals surface area contributed by atoms with Gasteiger partial charge in [-0.3, -0.25) is 9.69 Å². The molecule has 8 heteroatoms. The molecule has 150 valence electrons. The second-order valence-electron chi connectivity index (χ2n) is 6.52. The van der Waals surface area contributed by atoms with Crippen LogP contribution >= 0.6 is 0 Å². The molecule has 0 atom stereocenters. The van der Waals surface area contributed by atoms with Crippen LogP contribution in [0.3, 0.4) is 0 Å². The maximum Gasteiger partial charge on any atom is 0.325 e. The third kappa shape index (κ3) is 5.75. The summed E-state index contributed by atoms with van der Waals surface area (Å²) in [6.45, 7) is 6.07. The predicted molar refractivity (Wildman–Crippen MR) is 103 cm³/mol. The van der Waals surface area contributed by atoms with Crippen LogP contribution in [-0.2, 0) is 9.53 Å². The lowest BCUT2D eigenvalue weighted by atomic mass is 10.2. The maximum atomic E-state index is 12.7. The summed E-state index contributed by atoms with van der Waals surface area (Å²) >= 11 is 0. The summed E-state index contributed by atoms with van der Waals surface area (Å²) in [5, 5.41) is 2.82. The highest BCUT2D eigenvalue weighted by atomic mass is 16.5. The van der Waals surface area contributed by atoms with Crippen molar-refractivity contribution >= 4 is 17.6 Å². The van der Waals surface area contributed by atoms with Gasteiger partial charge in [-0.2, -0.15) is 0 Å². The molecular weight excluding hydrogens is 350 g/mol. The minimum atomic E-state index is -0.222. The van der Waals surface area contributed by atoms with Crippen LogP contribution in [-0.4, -0.2) is 69.9 Å². The van der Waals surface area contributed by atoms with Crippen molar-refractivity contribution in [2.24, 2.45) is 0 Å². The monoisotopic (exact) mass is 379 g/mol. The zero-order valence-electron chi connectivity index (χ0n) is 16.5. The van der Waals surface area contributed by atoms with E-state index in [0.29, 0.717) is 43.4 Å². The van der Waals surface area contributed by atoms with Crippen LogP contribution in [0.4, 0.5) is 10.5 Å². The smallest absolute Gasteiger partial charge is 0.325 e. The number of anilines is 1. The first-order chi connectivity index (χ1) is 13.0. The third-order valence-electron chi connectivity index (χ3n) is 4.20. The van der Waals surface area contributed by atoms with E-state index >= 15 is 0 Å². The fourth-order valence-electron chi connectivity index (χ4n) is 2.81. The second kappa shape index (κ2) is 10.0. The Balaban J connectivity index is 1.88. The Labute approximate surface area is 160 Å². The van der Waals surface area contributed by atoms with E-state index < -0.39 is 0 Å². The van der Waals surface area contributed by atoms with Gasteiger partial charge < -0.3 is 24.4 Å². The van der Waals surface area contributed by atoms with Crippen molar-refractivity contribution in [2.75, 3.05) is 51.9 Å². The van der Waals surface area contributed by atoms with Gasteiger partial charge in [0.15, 0.2) is 0 Å². The number of urea groups is 1. The van der Waals surface area contributed by atoms with Crippen LogP contribution < -0.4 is 19.7 Å². The number of nitrogens with zero attached hydrogens (tertiary/aromatic N) is 2. The molecular formula is C19H29N3O5. The van der Waals surface area contributed by atoms with E-state index in [1.54, 1.807) is 37.3 Å². The zero-order chi connectivity index (χ0) is 19.8. The SMILES string of the molecule is COc1ccc(OC)c(N2CCN(CC(=O)NCCCOC(C)C)C2=O)c1. The van der Waals surface area contributed by atoms with E-state index in [1.165, 1.54) is 4.90 Å². The number of carbonyl (C=O) groups excluding carboxylic acids is 2. The number of hydrogen-bond acceptors (Lipinski definition) is 5. The lowest BCUT2D eigenvalue weighted by Gasteiger charge is -2.21. The fraction of sp³-hybridized carbons (Fsp3) is 0.579. The predicted octanol–water partition coefficient (Wildman–Crippen LogP) is 1.88. The topological polar surface area (TPSA) is 80.3 Å². The van der Waals surface area contributed by atoms with Crippen LogP contribution in [0.1, 0.15) is 20.3 Å². The Morgan fingerprint density at radius 2 is 2.00 bits per heavy atom. The molecule has 1 fully saturated rings. The number of hydrogen-bond donors (Lipinski definition) is 1. The molecule has 1 heterocycles. The number of ether oxygens (including phenoxy) is 3. The number of rotatable bonds is 10. The van der Waals surface area contributed by atoms with E-state index in [-0.39, 0.29) is 24.6 Å². The van der Waals surface area contributed by atoms with Crippen molar-refractivity contribution in [1.82, 2.24) is 10.2 Å². The summed E-state index contributed by atoms with van der Waals surface area (Å²) in [7, 11) is 3.13. The largest absolute Gasteiger partial charge is 0.497 e. The van der Waals surface area contributed by atoms with Crippen molar-refractivity contribution in [3.63, 3.8) is 0 Å². The van der Waals surface area contributed by atoms with E-state index in [1.807, 2.05) is 13.8 Å². The molecule has 0 spiro atoms. The molecule has 0 radical (unpaired) electrons. The number of methoxy groups -OCH3 is 2. The van der Waals surface area contributed by atoms with Gasteiger partial charge in [0.05, 0.1) is 26.0 Å². The van der Waals surface area contributed by atoms with Crippen LogP contribution in [0.5, 0.6) is 11.5 Å². The Morgan fingerprint density at radius 1 is 1.22 bits per heavy atom. The number of carbonyl (C=O) groups is 2. The van der Waals surface area contributed by atoms with Crippen molar-refractivity contribution in [3.05, 3.63) is 18.2 Å². The lowest BCUT2D eigenvalue weighted by molar-refractivity contribution is -0.121. The molecule has 1 aromatic rings. The van der Waals surface area contributed by atoms with Crippen molar-refractivity contribution in [1.29, 1.82) is 0 Å². The van der Waals surface area contributed by atoms with Crippen molar-refractivity contribution in [3.8, 4) is 11.5 Å². The second-order valence-corrected chi connectivity index (χ2v) is 6.52. The van der Waals surface area contributed by atoms with E-state index in [4.69, 9.17) is 14.2 Å². The van der Waals surface area contributed by atoms with E-state index in [9.17, 15) is 9.59 Å². The van der Waals surface area contributed by atoms with Gasteiger partial charge in [-0.15, -0.1) is 0 Å². The number of amides is 3.